The first-order chi connectivity index (χ1) is 14.1. The predicted octanol–water partition coefficient (Wildman–Crippen LogP) is 4.58. The summed E-state index contributed by atoms with van der Waals surface area (Å²) in [5.74, 6) is 0.844. The molecule has 1 aromatic heterocycles. The van der Waals surface area contributed by atoms with Crippen LogP contribution in [-0.2, 0) is 18.5 Å². The number of hydrogen-bond acceptors (Lipinski definition) is 2. The van der Waals surface area contributed by atoms with Gasteiger partial charge in [-0.2, -0.15) is 0 Å². The number of imidazole rings is 1. The van der Waals surface area contributed by atoms with E-state index in [0.29, 0.717) is 6.54 Å². The Morgan fingerprint density at radius 1 is 1.03 bits per heavy atom. The van der Waals surface area contributed by atoms with E-state index in [2.05, 4.69) is 95.6 Å². The maximum Gasteiger partial charge on any atom is 0.191 e. The summed E-state index contributed by atoms with van der Waals surface area (Å²) in [5, 5.41) is 6.86. The molecule has 0 aliphatic heterocycles. The van der Waals surface area contributed by atoms with Crippen LogP contribution in [0.25, 0.3) is 0 Å². The van der Waals surface area contributed by atoms with E-state index in [1.54, 1.807) is 6.20 Å². The normalized spacial score (nSPS) is 11.6. The molecule has 0 aliphatic carbocycles. The quantitative estimate of drug-likeness (QED) is 0.261. The van der Waals surface area contributed by atoms with E-state index >= 15 is 0 Å². The second kappa shape index (κ2) is 11.7. The lowest BCUT2D eigenvalue weighted by molar-refractivity contribution is 0.508. The third-order valence-electron chi connectivity index (χ3n) is 4.93. The highest BCUT2D eigenvalue weighted by molar-refractivity contribution is 14.0. The molecule has 2 N–H and O–H groups in total. The van der Waals surface area contributed by atoms with Crippen molar-refractivity contribution in [3.05, 3.63) is 90.0 Å². The van der Waals surface area contributed by atoms with Gasteiger partial charge in [-0.15, -0.1) is 24.0 Å². The molecule has 0 saturated heterocycles. The second-order valence-electron chi connectivity index (χ2n) is 7.85. The van der Waals surface area contributed by atoms with Gasteiger partial charge in [0.25, 0.3) is 0 Å². The first-order valence-corrected chi connectivity index (χ1v) is 10.2. The molecule has 30 heavy (non-hydrogen) atoms. The van der Waals surface area contributed by atoms with E-state index in [-0.39, 0.29) is 29.4 Å². The van der Waals surface area contributed by atoms with Crippen molar-refractivity contribution in [2.24, 2.45) is 4.99 Å². The maximum absolute atomic E-state index is 4.79. The van der Waals surface area contributed by atoms with Crippen LogP contribution in [0.4, 0.5) is 0 Å². The molecule has 1 heterocycles. The van der Waals surface area contributed by atoms with Crippen LogP contribution in [0.15, 0.2) is 78.3 Å². The maximum atomic E-state index is 4.79. The van der Waals surface area contributed by atoms with Gasteiger partial charge in [0, 0.05) is 37.4 Å². The van der Waals surface area contributed by atoms with Crippen LogP contribution in [0.3, 0.4) is 0 Å². The van der Waals surface area contributed by atoms with Crippen molar-refractivity contribution in [2.75, 3.05) is 13.1 Å². The Bertz CT molecular complexity index is 904. The Hall–Kier alpha value is -2.35. The number of rotatable bonds is 8. The van der Waals surface area contributed by atoms with Crippen LogP contribution in [-0.4, -0.2) is 28.6 Å². The lowest BCUT2D eigenvalue weighted by Crippen LogP contribution is -2.43. The first kappa shape index (κ1) is 23.9. The minimum atomic E-state index is 0. The van der Waals surface area contributed by atoms with Gasteiger partial charge in [0.1, 0.15) is 0 Å². The minimum Gasteiger partial charge on any atom is -0.357 e. The molecule has 0 saturated carbocycles. The number of nitrogens with one attached hydrogen (secondary N) is 2. The molecule has 0 radical (unpaired) electrons. The fourth-order valence-electron chi connectivity index (χ4n) is 3.23. The molecule has 3 rings (SSSR count). The van der Waals surface area contributed by atoms with Crippen LogP contribution in [0.2, 0.25) is 0 Å². The van der Waals surface area contributed by atoms with E-state index < -0.39 is 0 Å². The van der Waals surface area contributed by atoms with Crippen LogP contribution in [0.1, 0.15) is 37.5 Å². The first-order valence-electron chi connectivity index (χ1n) is 10.2. The van der Waals surface area contributed by atoms with Crippen molar-refractivity contribution in [2.45, 2.75) is 39.3 Å². The van der Waals surface area contributed by atoms with Gasteiger partial charge in [0.05, 0.1) is 12.9 Å². The van der Waals surface area contributed by atoms with E-state index in [1.807, 2.05) is 12.5 Å². The summed E-state index contributed by atoms with van der Waals surface area (Å²) in [5.41, 5.74) is 3.78. The third-order valence-corrected chi connectivity index (χ3v) is 4.93. The van der Waals surface area contributed by atoms with Crippen LogP contribution in [0, 0.1) is 0 Å². The summed E-state index contributed by atoms with van der Waals surface area (Å²) in [4.78, 5) is 8.90. The second-order valence-corrected chi connectivity index (χ2v) is 7.85. The SMILES string of the molecule is CCNC(=NCc1cccc(Cn2ccnc2)c1)NCC(C)(C)c1ccccc1.I. The number of aromatic nitrogens is 2. The topological polar surface area (TPSA) is 54.2 Å². The van der Waals surface area contributed by atoms with Gasteiger partial charge in [0.15, 0.2) is 5.96 Å². The summed E-state index contributed by atoms with van der Waals surface area (Å²) in [6, 6.07) is 19.2. The van der Waals surface area contributed by atoms with Crippen molar-refractivity contribution < 1.29 is 0 Å². The molecule has 0 atom stereocenters. The van der Waals surface area contributed by atoms with E-state index in [1.165, 1.54) is 16.7 Å². The molecule has 6 heteroatoms. The summed E-state index contributed by atoms with van der Waals surface area (Å²) >= 11 is 0. The lowest BCUT2D eigenvalue weighted by atomic mass is 9.85. The minimum absolute atomic E-state index is 0. The van der Waals surface area contributed by atoms with E-state index in [9.17, 15) is 0 Å². The highest BCUT2D eigenvalue weighted by Gasteiger charge is 2.20. The number of halogens is 1. The summed E-state index contributed by atoms with van der Waals surface area (Å²) < 4.78 is 2.07. The Kier molecular flexibility index (Phi) is 9.36. The molecule has 5 nitrogen and oxygen atoms in total. The standard InChI is InChI=1S/C24H31N5.HI/c1-4-26-23(28-18-24(2,3)22-11-6-5-7-12-22)27-16-20-9-8-10-21(15-20)17-29-14-13-25-19-29;/h5-15,19H,4,16-18H2,1-3H3,(H2,26,27,28);1H. The fourth-order valence-corrected chi connectivity index (χ4v) is 3.23. The molecule has 2 aromatic carbocycles. The summed E-state index contributed by atoms with van der Waals surface area (Å²) in [6.45, 7) is 9.68. The van der Waals surface area contributed by atoms with Crippen molar-refractivity contribution in [3.63, 3.8) is 0 Å². The Morgan fingerprint density at radius 2 is 1.80 bits per heavy atom. The summed E-state index contributed by atoms with van der Waals surface area (Å²) in [6.07, 6.45) is 5.62. The van der Waals surface area contributed by atoms with Gasteiger partial charge in [-0.05, 0) is 23.6 Å². The summed E-state index contributed by atoms with van der Waals surface area (Å²) in [7, 11) is 0. The predicted molar refractivity (Wildman–Crippen MR) is 135 cm³/mol. The molecular weight excluding hydrogens is 485 g/mol. The number of benzene rings is 2. The Labute approximate surface area is 197 Å². The zero-order valence-corrected chi connectivity index (χ0v) is 20.3. The van der Waals surface area contributed by atoms with Crippen LogP contribution in [0.5, 0.6) is 0 Å². The number of nitrogens with zero attached hydrogens (tertiary/aromatic N) is 3. The third kappa shape index (κ3) is 7.16. The number of guanidine groups is 1. The Balaban J connectivity index is 0.00000320. The van der Waals surface area contributed by atoms with Gasteiger partial charge in [0.2, 0.25) is 0 Å². The van der Waals surface area contributed by atoms with Crippen LogP contribution < -0.4 is 10.6 Å². The van der Waals surface area contributed by atoms with E-state index in [0.717, 1.165) is 25.6 Å². The zero-order valence-electron chi connectivity index (χ0n) is 18.0. The van der Waals surface area contributed by atoms with Crippen molar-refractivity contribution in [1.82, 2.24) is 20.2 Å². The lowest BCUT2D eigenvalue weighted by Gasteiger charge is -2.26. The fraction of sp³-hybridized carbons (Fsp3) is 0.333. The molecule has 3 aromatic rings. The van der Waals surface area contributed by atoms with Crippen molar-refractivity contribution >= 4 is 29.9 Å². The van der Waals surface area contributed by atoms with Crippen LogP contribution >= 0.6 is 24.0 Å². The van der Waals surface area contributed by atoms with Crippen molar-refractivity contribution in [1.29, 1.82) is 0 Å². The molecule has 0 bridgehead atoms. The van der Waals surface area contributed by atoms with Gasteiger partial charge in [-0.1, -0.05) is 68.4 Å². The largest absolute Gasteiger partial charge is 0.357 e. The number of hydrogen-bond donors (Lipinski definition) is 2. The molecule has 160 valence electrons. The molecule has 0 spiro atoms. The van der Waals surface area contributed by atoms with E-state index in [4.69, 9.17) is 4.99 Å². The average Bonchev–Trinajstić information content (AvgIpc) is 3.24. The van der Waals surface area contributed by atoms with Gasteiger partial charge in [-0.3, -0.25) is 0 Å². The zero-order chi connectivity index (χ0) is 20.5. The van der Waals surface area contributed by atoms with Gasteiger partial charge in [-0.25, -0.2) is 9.98 Å². The highest BCUT2D eigenvalue weighted by Crippen LogP contribution is 2.21. The molecule has 0 amide bonds. The monoisotopic (exact) mass is 517 g/mol. The molecular formula is C24H32IN5. The molecule has 0 fully saturated rings. The smallest absolute Gasteiger partial charge is 0.191 e. The average molecular weight is 517 g/mol. The molecule has 0 aliphatic rings. The Morgan fingerprint density at radius 3 is 2.50 bits per heavy atom. The highest BCUT2D eigenvalue weighted by atomic mass is 127. The van der Waals surface area contributed by atoms with Crippen molar-refractivity contribution in [3.8, 4) is 0 Å². The number of aliphatic imine (C=N–C) groups is 1. The van der Waals surface area contributed by atoms with Gasteiger partial charge < -0.3 is 15.2 Å². The van der Waals surface area contributed by atoms with Gasteiger partial charge >= 0.3 is 0 Å². The molecule has 0 unspecified atom stereocenters.